The van der Waals surface area contributed by atoms with Crippen LogP contribution in [-0.4, -0.2) is 63.9 Å². The van der Waals surface area contributed by atoms with Crippen LogP contribution >= 0.6 is 0 Å². The first kappa shape index (κ1) is 22.7. The molecule has 30 heavy (non-hydrogen) atoms. The Bertz CT molecular complexity index is 906. The van der Waals surface area contributed by atoms with Crippen LogP contribution in [0.25, 0.3) is 0 Å². The minimum Gasteiger partial charge on any atom is -0.367 e. The topological polar surface area (TPSA) is 103 Å². The standard InChI is InChI=1S/C21H28N2O6S/c1-5-10-23-18(24)11-16-19-20(29-21(2,3)28-19)17(27-16)13-22-12-14-6-8-15(9-7-14)30(4,25)26/h1,6-9,16-17,19-20,22H,10-13H2,2-4H3,(H,23,24). The molecule has 0 bridgehead atoms. The second-order valence-corrected chi connectivity index (χ2v) is 10.0. The summed E-state index contributed by atoms with van der Waals surface area (Å²) >= 11 is 0. The number of nitrogens with one attached hydrogen (secondary N) is 2. The van der Waals surface area contributed by atoms with Gasteiger partial charge in [-0.2, -0.15) is 0 Å². The van der Waals surface area contributed by atoms with E-state index in [-0.39, 0.29) is 42.1 Å². The van der Waals surface area contributed by atoms with Gasteiger partial charge in [0.15, 0.2) is 15.6 Å². The number of benzene rings is 1. The molecule has 2 N–H and O–H groups in total. The Labute approximate surface area is 177 Å². The molecule has 4 atom stereocenters. The van der Waals surface area contributed by atoms with E-state index in [0.29, 0.717) is 13.1 Å². The van der Waals surface area contributed by atoms with E-state index in [0.717, 1.165) is 5.56 Å². The Hall–Kier alpha value is -1.96. The quantitative estimate of drug-likeness (QED) is 0.576. The van der Waals surface area contributed by atoms with E-state index in [4.69, 9.17) is 20.6 Å². The third kappa shape index (κ3) is 5.59. The first-order chi connectivity index (χ1) is 14.1. The minimum atomic E-state index is -3.21. The molecule has 9 heteroatoms. The predicted molar refractivity (Wildman–Crippen MR) is 110 cm³/mol. The van der Waals surface area contributed by atoms with E-state index in [1.807, 2.05) is 13.8 Å². The van der Waals surface area contributed by atoms with Crippen LogP contribution in [0.1, 0.15) is 25.8 Å². The number of hydrogen-bond donors (Lipinski definition) is 2. The third-order valence-corrected chi connectivity index (χ3v) is 6.17. The van der Waals surface area contributed by atoms with Crippen molar-refractivity contribution in [3.8, 4) is 12.3 Å². The summed E-state index contributed by atoms with van der Waals surface area (Å²) in [6, 6.07) is 6.74. The molecule has 1 amide bonds. The van der Waals surface area contributed by atoms with Crippen LogP contribution in [0.3, 0.4) is 0 Å². The fourth-order valence-corrected chi connectivity index (χ4v) is 4.35. The van der Waals surface area contributed by atoms with Crippen LogP contribution in [0.15, 0.2) is 29.2 Å². The third-order valence-electron chi connectivity index (χ3n) is 5.05. The Morgan fingerprint density at radius 2 is 1.80 bits per heavy atom. The van der Waals surface area contributed by atoms with Gasteiger partial charge in [0.05, 0.1) is 30.1 Å². The monoisotopic (exact) mass is 436 g/mol. The summed E-state index contributed by atoms with van der Waals surface area (Å²) in [4.78, 5) is 12.4. The predicted octanol–water partition coefficient (Wildman–Crippen LogP) is 0.607. The number of sulfone groups is 1. The summed E-state index contributed by atoms with van der Waals surface area (Å²) in [7, 11) is -3.21. The second kappa shape index (κ2) is 9.04. The lowest BCUT2D eigenvalue weighted by molar-refractivity contribution is -0.187. The molecule has 4 unspecified atom stereocenters. The number of carbonyl (C=O) groups excluding carboxylic acids is 1. The zero-order valence-electron chi connectivity index (χ0n) is 17.4. The van der Waals surface area contributed by atoms with E-state index < -0.39 is 21.7 Å². The SMILES string of the molecule is C#CCNC(=O)CC1OC(CNCc2ccc(S(C)(=O)=O)cc2)C2OC(C)(C)OC12. The van der Waals surface area contributed by atoms with Crippen LogP contribution in [-0.2, 0) is 35.4 Å². The summed E-state index contributed by atoms with van der Waals surface area (Å²) in [5.41, 5.74) is 0.950. The lowest BCUT2D eigenvalue weighted by atomic mass is 10.1. The van der Waals surface area contributed by atoms with Gasteiger partial charge in [0, 0.05) is 19.3 Å². The van der Waals surface area contributed by atoms with Gasteiger partial charge in [0.2, 0.25) is 5.91 Å². The van der Waals surface area contributed by atoms with Crippen LogP contribution in [0.2, 0.25) is 0 Å². The Balaban J connectivity index is 1.57. The molecule has 0 aliphatic carbocycles. The largest absolute Gasteiger partial charge is 0.367 e. The fourth-order valence-electron chi connectivity index (χ4n) is 3.72. The summed E-state index contributed by atoms with van der Waals surface area (Å²) in [6.45, 7) is 4.89. The van der Waals surface area contributed by atoms with Crippen molar-refractivity contribution in [2.75, 3.05) is 19.3 Å². The van der Waals surface area contributed by atoms with Crippen LogP contribution < -0.4 is 10.6 Å². The summed E-state index contributed by atoms with van der Waals surface area (Å²) in [6.07, 6.45) is 5.19. The Morgan fingerprint density at radius 3 is 2.40 bits per heavy atom. The maximum absolute atomic E-state index is 12.1. The molecule has 0 aromatic heterocycles. The van der Waals surface area contributed by atoms with E-state index in [2.05, 4.69) is 16.6 Å². The van der Waals surface area contributed by atoms with Crippen molar-refractivity contribution in [1.82, 2.24) is 10.6 Å². The van der Waals surface area contributed by atoms with Gasteiger partial charge in [-0.1, -0.05) is 18.1 Å². The molecule has 8 nitrogen and oxygen atoms in total. The number of carbonyl (C=O) groups is 1. The minimum absolute atomic E-state index is 0.145. The lowest BCUT2D eigenvalue weighted by Gasteiger charge is -2.24. The normalized spacial score (nSPS) is 27.4. The van der Waals surface area contributed by atoms with Crippen LogP contribution in [0, 0.1) is 12.3 Å². The highest BCUT2D eigenvalue weighted by atomic mass is 32.2. The first-order valence-corrected chi connectivity index (χ1v) is 11.7. The highest BCUT2D eigenvalue weighted by molar-refractivity contribution is 7.90. The van der Waals surface area contributed by atoms with Gasteiger partial charge in [-0.25, -0.2) is 8.42 Å². The highest BCUT2D eigenvalue weighted by Gasteiger charge is 2.55. The molecule has 0 spiro atoms. The van der Waals surface area contributed by atoms with E-state index in [9.17, 15) is 13.2 Å². The van der Waals surface area contributed by atoms with Crippen molar-refractivity contribution in [2.24, 2.45) is 0 Å². The number of amides is 1. The second-order valence-electron chi connectivity index (χ2n) is 8.01. The molecule has 2 fully saturated rings. The summed E-state index contributed by atoms with van der Waals surface area (Å²) in [5.74, 6) is 1.44. The van der Waals surface area contributed by atoms with Crippen LogP contribution in [0.4, 0.5) is 0 Å². The maximum atomic E-state index is 12.1. The van der Waals surface area contributed by atoms with Gasteiger partial charge >= 0.3 is 0 Å². The van der Waals surface area contributed by atoms with Gasteiger partial charge in [-0.3, -0.25) is 4.79 Å². The number of terminal acetylenes is 1. The van der Waals surface area contributed by atoms with E-state index in [1.54, 1.807) is 24.3 Å². The lowest BCUT2D eigenvalue weighted by Crippen LogP contribution is -2.37. The molecule has 3 rings (SSSR count). The van der Waals surface area contributed by atoms with Crippen molar-refractivity contribution in [3.63, 3.8) is 0 Å². The molecule has 2 aliphatic rings. The molecule has 0 radical (unpaired) electrons. The Kier molecular flexibility index (Phi) is 6.84. The smallest absolute Gasteiger partial charge is 0.223 e. The molecule has 1 aromatic rings. The molecular formula is C21H28N2O6S. The van der Waals surface area contributed by atoms with Crippen molar-refractivity contribution >= 4 is 15.7 Å². The van der Waals surface area contributed by atoms with Gasteiger partial charge in [0.25, 0.3) is 0 Å². The number of fused-ring (bicyclic) bond motifs is 1. The first-order valence-electron chi connectivity index (χ1n) is 9.80. The molecule has 2 heterocycles. The van der Waals surface area contributed by atoms with Crippen molar-refractivity contribution < 1.29 is 27.4 Å². The van der Waals surface area contributed by atoms with Gasteiger partial charge in [-0.05, 0) is 31.5 Å². The summed E-state index contributed by atoms with van der Waals surface area (Å²) < 4.78 is 41.2. The molecule has 164 valence electrons. The summed E-state index contributed by atoms with van der Waals surface area (Å²) in [5, 5.41) is 5.96. The number of rotatable bonds is 8. The zero-order chi connectivity index (χ0) is 21.9. The maximum Gasteiger partial charge on any atom is 0.223 e. The van der Waals surface area contributed by atoms with Crippen molar-refractivity contribution in [1.29, 1.82) is 0 Å². The van der Waals surface area contributed by atoms with E-state index in [1.165, 1.54) is 6.26 Å². The molecule has 2 aliphatic heterocycles. The average molecular weight is 437 g/mol. The van der Waals surface area contributed by atoms with E-state index >= 15 is 0 Å². The number of hydrogen-bond acceptors (Lipinski definition) is 7. The molecule has 2 saturated heterocycles. The molecule has 0 saturated carbocycles. The number of ether oxygens (including phenoxy) is 3. The Morgan fingerprint density at radius 1 is 1.17 bits per heavy atom. The van der Waals surface area contributed by atoms with Gasteiger partial charge in [0.1, 0.15) is 12.2 Å². The average Bonchev–Trinajstić information content (AvgIpc) is 3.14. The van der Waals surface area contributed by atoms with Crippen molar-refractivity contribution in [2.45, 2.75) is 61.9 Å². The van der Waals surface area contributed by atoms with Crippen molar-refractivity contribution in [3.05, 3.63) is 29.8 Å². The van der Waals surface area contributed by atoms with Gasteiger partial charge in [-0.15, -0.1) is 6.42 Å². The molecule has 1 aromatic carbocycles. The highest BCUT2D eigenvalue weighted by Crippen LogP contribution is 2.39. The van der Waals surface area contributed by atoms with Crippen LogP contribution in [0.5, 0.6) is 0 Å². The zero-order valence-corrected chi connectivity index (χ0v) is 18.2. The molecular weight excluding hydrogens is 408 g/mol. The fraction of sp³-hybridized carbons (Fsp3) is 0.571. The van der Waals surface area contributed by atoms with Gasteiger partial charge < -0.3 is 24.8 Å².